The van der Waals surface area contributed by atoms with Crippen molar-refractivity contribution < 1.29 is 22.7 Å². The van der Waals surface area contributed by atoms with Crippen molar-refractivity contribution in [3.63, 3.8) is 0 Å². The molecular weight excluding hydrogens is 436 g/mol. The van der Waals surface area contributed by atoms with Gasteiger partial charge in [0, 0.05) is 4.90 Å². The molecule has 7 nitrogen and oxygen atoms in total. The standard InChI is InChI=1S/C22H26N2O5S2/c1-4-29-21(25)19-18(13-31(27,28)17-7-5-6-14(2)12-17)23-22(26)24-20(19)15-8-10-16(30-3)11-9-15/h5-12,18-20H,4,13H2,1-3H3,(H2,23,24,26). The average molecular weight is 463 g/mol. The van der Waals surface area contributed by atoms with E-state index in [1.807, 2.05) is 30.5 Å². The average Bonchev–Trinajstić information content (AvgIpc) is 2.73. The van der Waals surface area contributed by atoms with Gasteiger partial charge in [0.05, 0.1) is 29.3 Å². The van der Waals surface area contributed by atoms with E-state index in [-0.39, 0.29) is 11.5 Å². The summed E-state index contributed by atoms with van der Waals surface area (Å²) in [6, 6.07) is 11.9. The topological polar surface area (TPSA) is 102 Å². The number of carbonyl (C=O) groups is 2. The maximum absolute atomic E-state index is 13.1. The van der Waals surface area contributed by atoms with Crippen molar-refractivity contribution in [1.29, 1.82) is 0 Å². The molecule has 2 aromatic carbocycles. The second kappa shape index (κ2) is 9.74. The first-order valence-electron chi connectivity index (χ1n) is 9.92. The molecule has 166 valence electrons. The summed E-state index contributed by atoms with van der Waals surface area (Å²) in [5.74, 6) is -1.87. The Hall–Kier alpha value is -2.52. The first-order chi connectivity index (χ1) is 14.7. The number of nitrogens with one attached hydrogen (secondary N) is 2. The Balaban J connectivity index is 1.97. The molecule has 1 fully saturated rings. The molecule has 0 radical (unpaired) electrons. The molecule has 0 bridgehead atoms. The van der Waals surface area contributed by atoms with E-state index in [4.69, 9.17) is 4.74 Å². The van der Waals surface area contributed by atoms with E-state index in [1.165, 1.54) is 6.07 Å². The fourth-order valence-corrected chi connectivity index (χ4v) is 5.71. The van der Waals surface area contributed by atoms with Crippen LogP contribution in [0.25, 0.3) is 0 Å². The van der Waals surface area contributed by atoms with Crippen LogP contribution in [0.4, 0.5) is 4.79 Å². The molecule has 1 aliphatic heterocycles. The van der Waals surface area contributed by atoms with Crippen LogP contribution >= 0.6 is 11.8 Å². The van der Waals surface area contributed by atoms with Crippen molar-refractivity contribution in [2.24, 2.45) is 5.92 Å². The molecule has 31 heavy (non-hydrogen) atoms. The highest BCUT2D eigenvalue weighted by molar-refractivity contribution is 7.98. The number of hydrogen-bond donors (Lipinski definition) is 2. The number of ether oxygens (including phenoxy) is 1. The molecular formula is C22H26N2O5S2. The third kappa shape index (κ3) is 5.40. The zero-order chi connectivity index (χ0) is 22.6. The van der Waals surface area contributed by atoms with Crippen LogP contribution < -0.4 is 10.6 Å². The van der Waals surface area contributed by atoms with Crippen LogP contribution in [0.1, 0.15) is 24.1 Å². The number of hydrogen-bond acceptors (Lipinski definition) is 6. The second-order valence-electron chi connectivity index (χ2n) is 7.35. The van der Waals surface area contributed by atoms with Gasteiger partial charge in [-0.25, -0.2) is 13.2 Å². The number of urea groups is 1. The van der Waals surface area contributed by atoms with Crippen LogP contribution in [0.5, 0.6) is 0 Å². The maximum atomic E-state index is 13.1. The Morgan fingerprint density at radius 1 is 1.13 bits per heavy atom. The Morgan fingerprint density at radius 2 is 1.84 bits per heavy atom. The summed E-state index contributed by atoms with van der Waals surface area (Å²) in [7, 11) is -3.76. The van der Waals surface area contributed by atoms with Gasteiger partial charge in [-0.1, -0.05) is 24.3 Å². The van der Waals surface area contributed by atoms with Gasteiger partial charge in [-0.15, -0.1) is 11.8 Å². The zero-order valence-corrected chi connectivity index (χ0v) is 19.3. The molecule has 0 aliphatic carbocycles. The van der Waals surface area contributed by atoms with E-state index in [1.54, 1.807) is 43.8 Å². The number of benzene rings is 2. The summed E-state index contributed by atoms with van der Waals surface area (Å²) in [6.07, 6.45) is 1.95. The fraction of sp³-hybridized carbons (Fsp3) is 0.364. The van der Waals surface area contributed by atoms with Gasteiger partial charge in [0.1, 0.15) is 5.92 Å². The van der Waals surface area contributed by atoms with Crippen LogP contribution in [0, 0.1) is 12.8 Å². The summed E-state index contributed by atoms with van der Waals surface area (Å²) in [5, 5.41) is 5.41. The summed E-state index contributed by atoms with van der Waals surface area (Å²) >= 11 is 1.58. The number of rotatable bonds is 7. The van der Waals surface area contributed by atoms with Crippen LogP contribution in [-0.4, -0.2) is 45.1 Å². The highest BCUT2D eigenvalue weighted by Crippen LogP contribution is 2.32. The largest absolute Gasteiger partial charge is 0.466 e. The number of carbonyl (C=O) groups excluding carboxylic acids is 2. The molecule has 0 aromatic heterocycles. The molecule has 0 saturated carbocycles. The smallest absolute Gasteiger partial charge is 0.315 e. The van der Waals surface area contributed by atoms with Crippen LogP contribution in [0.2, 0.25) is 0 Å². The second-order valence-corrected chi connectivity index (χ2v) is 10.3. The predicted molar refractivity (Wildman–Crippen MR) is 120 cm³/mol. The summed E-state index contributed by atoms with van der Waals surface area (Å²) in [6.45, 7) is 3.65. The van der Waals surface area contributed by atoms with Gasteiger partial charge >= 0.3 is 12.0 Å². The minimum absolute atomic E-state index is 0.152. The lowest BCUT2D eigenvalue weighted by Crippen LogP contribution is -2.60. The van der Waals surface area contributed by atoms with Gasteiger partial charge in [-0.3, -0.25) is 4.79 Å². The molecule has 2 aromatic rings. The van der Waals surface area contributed by atoms with Gasteiger partial charge < -0.3 is 15.4 Å². The van der Waals surface area contributed by atoms with E-state index in [9.17, 15) is 18.0 Å². The molecule has 1 saturated heterocycles. The Kier molecular flexibility index (Phi) is 7.27. The molecule has 1 aliphatic rings. The van der Waals surface area contributed by atoms with Gasteiger partial charge in [-0.05, 0) is 55.5 Å². The SMILES string of the molecule is CCOC(=O)C1C(CS(=O)(=O)c2cccc(C)c2)NC(=O)NC1c1ccc(SC)cc1. The van der Waals surface area contributed by atoms with E-state index >= 15 is 0 Å². The Morgan fingerprint density at radius 3 is 2.45 bits per heavy atom. The molecule has 9 heteroatoms. The minimum atomic E-state index is -3.76. The maximum Gasteiger partial charge on any atom is 0.315 e. The number of thioether (sulfide) groups is 1. The number of sulfone groups is 1. The van der Waals surface area contributed by atoms with Gasteiger partial charge in [0.2, 0.25) is 0 Å². The quantitative estimate of drug-likeness (QED) is 0.484. The highest BCUT2D eigenvalue weighted by atomic mass is 32.2. The highest BCUT2D eigenvalue weighted by Gasteiger charge is 2.44. The van der Waals surface area contributed by atoms with Gasteiger partial charge in [0.15, 0.2) is 9.84 Å². The lowest BCUT2D eigenvalue weighted by atomic mass is 9.86. The first kappa shape index (κ1) is 23.1. The third-order valence-electron chi connectivity index (χ3n) is 5.18. The number of aryl methyl sites for hydroxylation is 1. The summed E-state index contributed by atoms with van der Waals surface area (Å²) < 4.78 is 31.4. The molecule has 3 rings (SSSR count). The third-order valence-corrected chi connectivity index (χ3v) is 7.69. The zero-order valence-electron chi connectivity index (χ0n) is 17.6. The van der Waals surface area contributed by atoms with Crippen molar-refractivity contribution in [3.8, 4) is 0 Å². The first-order valence-corrected chi connectivity index (χ1v) is 12.8. The minimum Gasteiger partial charge on any atom is -0.466 e. The molecule has 0 spiro atoms. The monoisotopic (exact) mass is 462 g/mol. The lowest BCUT2D eigenvalue weighted by molar-refractivity contribution is -0.150. The van der Waals surface area contributed by atoms with Crippen molar-refractivity contribution in [3.05, 3.63) is 59.7 Å². The number of esters is 1. The van der Waals surface area contributed by atoms with Crippen LogP contribution in [-0.2, 0) is 19.4 Å². The fourth-order valence-electron chi connectivity index (χ4n) is 3.69. The van der Waals surface area contributed by atoms with Crippen molar-refractivity contribution in [2.75, 3.05) is 18.6 Å². The van der Waals surface area contributed by atoms with E-state index < -0.39 is 45.6 Å². The summed E-state index contributed by atoms with van der Waals surface area (Å²) in [4.78, 5) is 26.5. The van der Waals surface area contributed by atoms with Crippen molar-refractivity contribution >= 4 is 33.6 Å². The van der Waals surface area contributed by atoms with Gasteiger partial charge in [-0.2, -0.15) is 0 Å². The van der Waals surface area contributed by atoms with Crippen molar-refractivity contribution in [2.45, 2.75) is 35.7 Å². The van der Waals surface area contributed by atoms with Crippen LogP contribution in [0.3, 0.4) is 0 Å². The summed E-state index contributed by atoms with van der Waals surface area (Å²) in [5.41, 5.74) is 1.52. The molecule has 2 amide bonds. The van der Waals surface area contributed by atoms with Gasteiger partial charge in [0.25, 0.3) is 0 Å². The molecule has 3 unspecified atom stereocenters. The Labute approximate surface area is 186 Å². The predicted octanol–water partition coefficient (Wildman–Crippen LogP) is 3.09. The molecule has 3 atom stereocenters. The van der Waals surface area contributed by atoms with Crippen LogP contribution in [0.15, 0.2) is 58.3 Å². The van der Waals surface area contributed by atoms with E-state index in [0.717, 1.165) is 10.5 Å². The van der Waals surface area contributed by atoms with E-state index in [0.29, 0.717) is 5.56 Å². The normalized spacial score (nSPS) is 21.1. The Bertz CT molecular complexity index is 1050. The van der Waals surface area contributed by atoms with Crippen molar-refractivity contribution in [1.82, 2.24) is 10.6 Å². The lowest BCUT2D eigenvalue weighted by Gasteiger charge is -2.38. The van der Waals surface area contributed by atoms with E-state index in [2.05, 4.69) is 10.6 Å². The molecule has 2 N–H and O–H groups in total. The number of amides is 2. The molecule has 1 heterocycles.